The van der Waals surface area contributed by atoms with E-state index in [4.69, 9.17) is 4.74 Å². The Morgan fingerprint density at radius 3 is 2.63 bits per heavy atom. The Kier molecular flexibility index (Phi) is 5.10. The van der Waals surface area contributed by atoms with Gasteiger partial charge in [-0.15, -0.1) is 0 Å². The van der Waals surface area contributed by atoms with E-state index in [1.165, 1.54) is 0 Å². The maximum atomic E-state index is 12.4. The molecule has 1 saturated carbocycles. The molecular weight excluding hydrogens is 340 g/mol. The first-order valence-corrected chi connectivity index (χ1v) is 9.58. The number of nitrogens with one attached hydrogen (secondary N) is 1. The first kappa shape index (κ1) is 17.6. The Bertz CT molecular complexity index is 817. The number of likely N-dealkylation sites (tertiary alicyclic amines) is 1. The van der Waals surface area contributed by atoms with Crippen molar-refractivity contribution in [1.29, 1.82) is 0 Å². The fourth-order valence-electron chi connectivity index (χ4n) is 3.51. The van der Waals surface area contributed by atoms with Crippen molar-refractivity contribution in [3.63, 3.8) is 0 Å². The zero-order valence-corrected chi connectivity index (χ0v) is 15.3. The van der Waals surface area contributed by atoms with Gasteiger partial charge in [0.1, 0.15) is 11.5 Å². The van der Waals surface area contributed by atoms with E-state index in [2.05, 4.69) is 5.32 Å². The van der Waals surface area contributed by atoms with Crippen LogP contribution >= 0.6 is 0 Å². The van der Waals surface area contributed by atoms with Crippen LogP contribution in [0.1, 0.15) is 24.8 Å². The molecule has 2 aromatic rings. The van der Waals surface area contributed by atoms with Crippen LogP contribution in [0, 0.1) is 5.92 Å². The highest BCUT2D eigenvalue weighted by Gasteiger charge is 2.41. The smallest absolute Gasteiger partial charge is 0.225 e. The molecule has 1 N–H and O–H groups in total. The number of amides is 2. The predicted octanol–water partition coefficient (Wildman–Crippen LogP) is 3.15. The highest BCUT2D eigenvalue weighted by molar-refractivity contribution is 5.89. The van der Waals surface area contributed by atoms with Crippen LogP contribution in [-0.4, -0.2) is 35.8 Å². The normalized spacial score (nSPS) is 19.2. The minimum Gasteiger partial charge on any atom is -0.457 e. The third kappa shape index (κ3) is 4.48. The van der Waals surface area contributed by atoms with Crippen LogP contribution in [0.15, 0.2) is 54.6 Å². The topological polar surface area (TPSA) is 58.6 Å². The van der Waals surface area contributed by atoms with Gasteiger partial charge in [-0.3, -0.25) is 9.59 Å². The first-order chi connectivity index (χ1) is 13.2. The zero-order valence-electron chi connectivity index (χ0n) is 15.3. The average Bonchev–Trinajstić information content (AvgIpc) is 3.44. The van der Waals surface area contributed by atoms with Crippen LogP contribution < -0.4 is 10.1 Å². The summed E-state index contributed by atoms with van der Waals surface area (Å²) >= 11 is 0. The summed E-state index contributed by atoms with van der Waals surface area (Å²) in [6, 6.07) is 18.0. The SMILES string of the molecule is O=C(NCCc1cccc(Oc2ccccc2)c1)[C@H]1CC(=O)N(C2CC2)C1. The lowest BCUT2D eigenvalue weighted by molar-refractivity contribution is -0.129. The number of ether oxygens (including phenoxy) is 1. The number of para-hydroxylation sites is 1. The average molecular weight is 364 g/mol. The number of hydrogen-bond acceptors (Lipinski definition) is 3. The van der Waals surface area contributed by atoms with Gasteiger partial charge in [0.2, 0.25) is 11.8 Å². The van der Waals surface area contributed by atoms with Gasteiger partial charge in [-0.25, -0.2) is 0 Å². The summed E-state index contributed by atoms with van der Waals surface area (Å²) in [5.74, 6) is 1.50. The Hall–Kier alpha value is -2.82. The third-order valence-corrected chi connectivity index (χ3v) is 5.11. The number of carbonyl (C=O) groups excluding carboxylic acids is 2. The van der Waals surface area contributed by atoms with Crippen LogP contribution in [0.2, 0.25) is 0 Å². The summed E-state index contributed by atoms with van der Waals surface area (Å²) in [7, 11) is 0. The molecule has 5 nitrogen and oxygen atoms in total. The van der Waals surface area contributed by atoms with Crippen molar-refractivity contribution in [2.24, 2.45) is 5.92 Å². The summed E-state index contributed by atoms with van der Waals surface area (Å²) in [4.78, 5) is 26.2. The molecule has 1 atom stereocenters. The lowest BCUT2D eigenvalue weighted by atomic mass is 10.1. The van der Waals surface area contributed by atoms with Crippen LogP contribution in [-0.2, 0) is 16.0 Å². The summed E-state index contributed by atoms with van der Waals surface area (Å²) in [6.45, 7) is 1.14. The van der Waals surface area contributed by atoms with E-state index >= 15 is 0 Å². The largest absolute Gasteiger partial charge is 0.457 e. The fourth-order valence-corrected chi connectivity index (χ4v) is 3.51. The summed E-state index contributed by atoms with van der Waals surface area (Å²) in [5.41, 5.74) is 1.10. The number of nitrogens with zero attached hydrogens (tertiary/aromatic N) is 1. The summed E-state index contributed by atoms with van der Waals surface area (Å²) in [5, 5.41) is 2.98. The van der Waals surface area contributed by atoms with Gasteiger partial charge in [-0.1, -0.05) is 30.3 Å². The highest BCUT2D eigenvalue weighted by atomic mass is 16.5. The molecule has 0 radical (unpaired) electrons. The molecule has 0 unspecified atom stereocenters. The molecule has 1 heterocycles. The molecule has 27 heavy (non-hydrogen) atoms. The lowest BCUT2D eigenvalue weighted by Gasteiger charge is -2.15. The quantitative estimate of drug-likeness (QED) is 0.821. The maximum absolute atomic E-state index is 12.4. The molecule has 140 valence electrons. The van der Waals surface area contributed by atoms with Gasteiger partial charge in [-0.2, -0.15) is 0 Å². The summed E-state index contributed by atoms with van der Waals surface area (Å²) < 4.78 is 5.85. The van der Waals surface area contributed by atoms with E-state index in [-0.39, 0.29) is 17.7 Å². The van der Waals surface area contributed by atoms with E-state index < -0.39 is 0 Å². The van der Waals surface area contributed by atoms with Crippen LogP contribution in [0.3, 0.4) is 0 Å². The third-order valence-electron chi connectivity index (χ3n) is 5.11. The second-order valence-electron chi connectivity index (χ2n) is 7.28. The van der Waals surface area contributed by atoms with Gasteiger partial charge in [0, 0.05) is 25.6 Å². The molecule has 0 aromatic heterocycles. The minimum absolute atomic E-state index is 0.0109. The Labute approximate surface area is 159 Å². The Balaban J connectivity index is 1.26. The molecule has 1 aliphatic carbocycles. The van der Waals surface area contributed by atoms with Gasteiger partial charge in [0.15, 0.2) is 0 Å². The second kappa shape index (κ2) is 7.82. The van der Waals surface area contributed by atoms with E-state index in [1.807, 2.05) is 59.5 Å². The standard InChI is InChI=1S/C22H24N2O3/c25-21-14-17(15-24(21)18-9-10-18)22(26)23-12-11-16-5-4-8-20(13-16)27-19-6-2-1-3-7-19/h1-8,13,17-18H,9-12,14-15H2,(H,23,26)/t17-/m0/s1. The Morgan fingerprint density at radius 2 is 1.85 bits per heavy atom. The van der Waals surface area contributed by atoms with Crippen LogP contribution in [0.25, 0.3) is 0 Å². The molecule has 1 saturated heterocycles. The molecule has 0 bridgehead atoms. The molecule has 2 amide bonds. The predicted molar refractivity (Wildman–Crippen MR) is 103 cm³/mol. The molecule has 0 spiro atoms. The van der Waals surface area contributed by atoms with Crippen LogP contribution in [0.4, 0.5) is 0 Å². The number of hydrogen-bond donors (Lipinski definition) is 1. The van der Waals surface area contributed by atoms with Gasteiger partial charge >= 0.3 is 0 Å². The summed E-state index contributed by atoms with van der Waals surface area (Å²) in [6.07, 6.45) is 3.25. The maximum Gasteiger partial charge on any atom is 0.225 e. The zero-order chi connectivity index (χ0) is 18.6. The first-order valence-electron chi connectivity index (χ1n) is 9.58. The van der Waals surface area contributed by atoms with Crippen molar-refractivity contribution in [3.05, 3.63) is 60.2 Å². The monoisotopic (exact) mass is 364 g/mol. The van der Waals surface area contributed by atoms with Gasteiger partial charge in [0.05, 0.1) is 5.92 Å². The second-order valence-corrected chi connectivity index (χ2v) is 7.28. The lowest BCUT2D eigenvalue weighted by Crippen LogP contribution is -2.34. The van der Waals surface area contributed by atoms with Crippen molar-refractivity contribution in [2.45, 2.75) is 31.7 Å². The van der Waals surface area contributed by atoms with Gasteiger partial charge < -0.3 is 15.0 Å². The molecule has 2 aliphatic rings. The van der Waals surface area contributed by atoms with Crippen molar-refractivity contribution in [2.75, 3.05) is 13.1 Å². The molecule has 2 fully saturated rings. The molecule has 1 aliphatic heterocycles. The van der Waals surface area contributed by atoms with Gasteiger partial charge in [-0.05, 0) is 49.1 Å². The fraction of sp³-hybridized carbons (Fsp3) is 0.364. The van der Waals surface area contributed by atoms with E-state index in [0.717, 1.165) is 36.3 Å². The molecule has 5 heteroatoms. The number of carbonyl (C=O) groups is 2. The van der Waals surface area contributed by atoms with E-state index in [9.17, 15) is 9.59 Å². The van der Waals surface area contributed by atoms with Crippen molar-refractivity contribution in [1.82, 2.24) is 10.2 Å². The van der Waals surface area contributed by atoms with E-state index in [1.54, 1.807) is 0 Å². The number of benzene rings is 2. The van der Waals surface area contributed by atoms with Gasteiger partial charge in [0.25, 0.3) is 0 Å². The highest BCUT2D eigenvalue weighted by Crippen LogP contribution is 2.32. The minimum atomic E-state index is -0.203. The Morgan fingerprint density at radius 1 is 1.07 bits per heavy atom. The van der Waals surface area contributed by atoms with Crippen molar-refractivity contribution >= 4 is 11.8 Å². The molecular formula is C22H24N2O3. The van der Waals surface area contributed by atoms with E-state index in [0.29, 0.717) is 25.6 Å². The molecule has 2 aromatic carbocycles. The number of rotatable bonds is 7. The van der Waals surface area contributed by atoms with Crippen molar-refractivity contribution in [3.8, 4) is 11.5 Å². The molecule has 4 rings (SSSR count). The van der Waals surface area contributed by atoms with Crippen molar-refractivity contribution < 1.29 is 14.3 Å². The van der Waals surface area contributed by atoms with Crippen LogP contribution in [0.5, 0.6) is 11.5 Å².